The second-order valence-corrected chi connectivity index (χ2v) is 7.88. The van der Waals surface area contributed by atoms with Crippen LogP contribution in [0.15, 0.2) is 29.2 Å². The molecule has 6 heteroatoms. The molecule has 21 heavy (non-hydrogen) atoms. The molecule has 114 valence electrons. The summed E-state index contributed by atoms with van der Waals surface area (Å²) in [5, 5.41) is 3.07. The van der Waals surface area contributed by atoms with Crippen LogP contribution in [0, 0.1) is 11.8 Å². The van der Waals surface area contributed by atoms with E-state index in [-0.39, 0.29) is 16.8 Å². The molecular formula is C15H20N2O3S. The van der Waals surface area contributed by atoms with Crippen molar-refractivity contribution in [3.63, 3.8) is 0 Å². The molecule has 0 spiro atoms. The first-order chi connectivity index (χ1) is 9.99. The lowest BCUT2D eigenvalue weighted by Crippen LogP contribution is -2.38. The van der Waals surface area contributed by atoms with Crippen LogP contribution in [0.3, 0.4) is 0 Å². The summed E-state index contributed by atoms with van der Waals surface area (Å²) >= 11 is 0. The lowest BCUT2D eigenvalue weighted by molar-refractivity contribution is 0.0922. The van der Waals surface area contributed by atoms with Gasteiger partial charge in [0.05, 0.1) is 4.90 Å². The van der Waals surface area contributed by atoms with Crippen molar-refractivity contribution < 1.29 is 13.2 Å². The van der Waals surface area contributed by atoms with Crippen LogP contribution < -0.4 is 10.0 Å². The molecule has 0 saturated heterocycles. The van der Waals surface area contributed by atoms with E-state index >= 15 is 0 Å². The van der Waals surface area contributed by atoms with E-state index in [1.54, 1.807) is 12.1 Å². The van der Waals surface area contributed by atoms with E-state index in [0.29, 0.717) is 11.5 Å². The Bertz CT molecular complexity index is 657. The van der Waals surface area contributed by atoms with Gasteiger partial charge in [-0.15, -0.1) is 0 Å². The fraction of sp³-hybridized carbons (Fsp3) is 0.533. The predicted octanol–water partition coefficient (Wildman–Crippen LogP) is 1.51. The maximum atomic E-state index is 12.3. The Hall–Kier alpha value is -1.40. The minimum absolute atomic E-state index is 0.116. The topological polar surface area (TPSA) is 75.3 Å². The summed E-state index contributed by atoms with van der Waals surface area (Å²) in [5.41, 5.74) is 0.397. The Labute approximate surface area is 125 Å². The smallest absolute Gasteiger partial charge is 0.251 e. The van der Waals surface area contributed by atoms with Crippen LogP contribution in [-0.2, 0) is 10.0 Å². The number of sulfonamides is 1. The highest BCUT2D eigenvalue weighted by Gasteiger charge is 2.40. The Morgan fingerprint density at radius 2 is 2.05 bits per heavy atom. The molecule has 5 nitrogen and oxygen atoms in total. The molecule has 2 bridgehead atoms. The molecule has 0 radical (unpaired) electrons. The summed E-state index contributed by atoms with van der Waals surface area (Å²) in [5.74, 6) is 1.18. The summed E-state index contributed by atoms with van der Waals surface area (Å²) in [7, 11) is -2.16. The normalized spacial score (nSPS) is 27.8. The van der Waals surface area contributed by atoms with E-state index in [1.165, 1.54) is 38.4 Å². The zero-order valence-corrected chi connectivity index (χ0v) is 12.8. The van der Waals surface area contributed by atoms with E-state index in [0.717, 1.165) is 12.3 Å². The predicted molar refractivity (Wildman–Crippen MR) is 79.4 cm³/mol. The number of benzene rings is 1. The maximum absolute atomic E-state index is 12.3. The first-order valence-electron chi connectivity index (χ1n) is 7.34. The number of fused-ring (bicyclic) bond motifs is 2. The number of nitrogens with one attached hydrogen (secondary N) is 2. The zero-order valence-electron chi connectivity index (χ0n) is 12.0. The molecule has 2 aliphatic rings. The number of amides is 1. The van der Waals surface area contributed by atoms with Crippen LogP contribution in [0.25, 0.3) is 0 Å². The van der Waals surface area contributed by atoms with Crippen molar-refractivity contribution in [2.45, 2.75) is 36.6 Å². The molecule has 1 aromatic rings. The van der Waals surface area contributed by atoms with Crippen LogP contribution in [0.1, 0.15) is 36.0 Å². The van der Waals surface area contributed by atoms with Gasteiger partial charge in [-0.05, 0) is 56.3 Å². The van der Waals surface area contributed by atoms with Gasteiger partial charge in [-0.25, -0.2) is 13.1 Å². The van der Waals surface area contributed by atoms with Crippen LogP contribution in [-0.4, -0.2) is 27.4 Å². The van der Waals surface area contributed by atoms with E-state index < -0.39 is 10.0 Å². The lowest BCUT2D eigenvalue weighted by Gasteiger charge is -2.23. The van der Waals surface area contributed by atoms with Crippen molar-refractivity contribution in [1.82, 2.24) is 10.0 Å². The largest absolute Gasteiger partial charge is 0.349 e. The number of carbonyl (C=O) groups excluding carboxylic acids is 1. The van der Waals surface area contributed by atoms with Gasteiger partial charge in [0.1, 0.15) is 0 Å². The minimum Gasteiger partial charge on any atom is -0.349 e. The molecule has 0 aliphatic heterocycles. The Kier molecular flexibility index (Phi) is 3.75. The molecule has 2 saturated carbocycles. The van der Waals surface area contributed by atoms with Gasteiger partial charge in [0.25, 0.3) is 5.91 Å². The number of carbonyl (C=O) groups is 1. The summed E-state index contributed by atoms with van der Waals surface area (Å²) in [6, 6.07) is 6.41. The molecule has 0 aromatic heterocycles. The fourth-order valence-corrected chi connectivity index (χ4v) is 4.37. The van der Waals surface area contributed by atoms with Crippen LogP contribution in [0.2, 0.25) is 0 Å². The molecule has 2 fully saturated rings. The first-order valence-corrected chi connectivity index (χ1v) is 8.82. The standard InChI is InChI=1S/C15H20N2O3S/c1-16-21(19,20)13-4-2-3-12(9-13)15(18)17-14-8-10-5-6-11(14)7-10/h2-4,9-11,14,16H,5-8H2,1H3,(H,17,18)/t10-,11+,14+/m0/s1. The molecule has 0 heterocycles. The average molecular weight is 308 g/mol. The van der Waals surface area contributed by atoms with Crippen molar-refractivity contribution in [3.05, 3.63) is 29.8 Å². The third kappa shape index (κ3) is 2.82. The van der Waals surface area contributed by atoms with E-state index in [4.69, 9.17) is 0 Å². The third-order valence-corrected chi connectivity index (χ3v) is 6.14. The summed E-state index contributed by atoms with van der Waals surface area (Å²) in [6.07, 6.45) is 4.76. The Morgan fingerprint density at radius 3 is 2.67 bits per heavy atom. The maximum Gasteiger partial charge on any atom is 0.251 e. The van der Waals surface area contributed by atoms with Crippen molar-refractivity contribution in [1.29, 1.82) is 0 Å². The summed E-state index contributed by atoms with van der Waals surface area (Å²) < 4.78 is 25.8. The molecule has 2 N–H and O–H groups in total. The number of hydrogen-bond donors (Lipinski definition) is 2. The van der Waals surface area contributed by atoms with Gasteiger partial charge >= 0.3 is 0 Å². The molecule has 0 unspecified atom stereocenters. The van der Waals surface area contributed by atoms with Gasteiger partial charge in [0.15, 0.2) is 0 Å². The third-order valence-electron chi connectivity index (χ3n) is 4.73. The van der Waals surface area contributed by atoms with E-state index in [9.17, 15) is 13.2 Å². The fourth-order valence-electron chi connectivity index (χ4n) is 3.60. The second-order valence-electron chi connectivity index (χ2n) is 5.99. The second kappa shape index (κ2) is 5.42. The Morgan fingerprint density at radius 1 is 1.24 bits per heavy atom. The summed E-state index contributed by atoms with van der Waals surface area (Å²) in [6.45, 7) is 0. The van der Waals surface area contributed by atoms with Gasteiger partial charge in [0, 0.05) is 11.6 Å². The molecule has 2 aliphatic carbocycles. The van der Waals surface area contributed by atoms with Gasteiger partial charge in [-0.1, -0.05) is 12.5 Å². The molecule has 3 atom stereocenters. The first kappa shape index (κ1) is 14.5. The quantitative estimate of drug-likeness (QED) is 0.885. The van der Waals surface area contributed by atoms with Gasteiger partial charge in [-0.3, -0.25) is 4.79 Å². The van der Waals surface area contributed by atoms with Gasteiger partial charge < -0.3 is 5.32 Å². The minimum atomic E-state index is -3.52. The van der Waals surface area contributed by atoms with E-state index in [1.807, 2.05) is 0 Å². The summed E-state index contributed by atoms with van der Waals surface area (Å²) in [4.78, 5) is 12.4. The SMILES string of the molecule is CNS(=O)(=O)c1cccc(C(=O)N[C@@H]2C[C@H]3CC[C@@H]2C3)c1. The zero-order chi connectivity index (χ0) is 15.0. The Balaban J connectivity index is 1.75. The van der Waals surface area contributed by atoms with E-state index in [2.05, 4.69) is 10.0 Å². The molecule has 3 rings (SSSR count). The monoisotopic (exact) mass is 308 g/mol. The van der Waals surface area contributed by atoms with Crippen LogP contribution in [0.4, 0.5) is 0 Å². The van der Waals surface area contributed by atoms with Gasteiger partial charge in [-0.2, -0.15) is 0 Å². The van der Waals surface area contributed by atoms with Crippen LogP contribution >= 0.6 is 0 Å². The highest BCUT2D eigenvalue weighted by Crippen LogP contribution is 2.44. The number of hydrogen-bond acceptors (Lipinski definition) is 3. The van der Waals surface area contributed by atoms with Crippen LogP contribution in [0.5, 0.6) is 0 Å². The molecule has 1 amide bonds. The van der Waals surface area contributed by atoms with Crippen molar-refractivity contribution in [2.24, 2.45) is 11.8 Å². The number of rotatable bonds is 4. The van der Waals surface area contributed by atoms with Gasteiger partial charge in [0.2, 0.25) is 10.0 Å². The van der Waals surface area contributed by atoms with Crippen molar-refractivity contribution in [2.75, 3.05) is 7.05 Å². The lowest BCUT2D eigenvalue weighted by atomic mass is 9.95. The highest BCUT2D eigenvalue weighted by molar-refractivity contribution is 7.89. The van der Waals surface area contributed by atoms with Crippen molar-refractivity contribution >= 4 is 15.9 Å². The average Bonchev–Trinajstić information content (AvgIpc) is 3.10. The molecular weight excluding hydrogens is 288 g/mol. The molecule has 1 aromatic carbocycles. The van der Waals surface area contributed by atoms with Crippen molar-refractivity contribution in [3.8, 4) is 0 Å². The highest BCUT2D eigenvalue weighted by atomic mass is 32.2.